The van der Waals surface area contributed by atoms with Crippen molar-refractivity contribution in [2.24, 2.45) is 5.92 Å². The molecular weight excluding hydrogens is 154 g/mol. The molecule has 1 N–H and O–H groups in total. The van der Waals surface area contributed by atoms with E-state index >= 15 is 0 Å². The van der Waals surface area contributed by atoms with Crippen LogP contribution in [-0.2, 0) is 14.8 Å². The molecule has 0 heterocycles. The molecule has 0 radical (unpaired) electrons. The molecule has 0 spiro atoms. The average Bonchev–Trinajstić information content (AvgIpc) is 1.60. The second kappa shape index (κ2) is 3.01. The molecule has 0 aliphatic heterocycles. The summed E-state index contributed by atoms with van der Waals surface area (Å²) >= 11 is 0. The van der Waals surface area contributed by atoms with E-state index in [-0.39, 0.29) is 5.92 Å². The smallest absolute Gasteiger partial charge is 0.235 e. The minimum absolute atomic E-state index is 0.297. The summed E-state index contributed by atoms with van der Waals surface area (Å²) in [5, 5.41) is 0. The van der Waals surface area contributed by atoms with Gasteiger partial charge in [-0.05, 0) is 0 Å². The third kappa shape index (κ3) is 4.31. The second-order valence-corrected chi connectivity index (χ2v) is 4.14. The van der Waals surface area contributed by atoms with E-state index in [4.69, 9.17) is 0 Å². The highest BCUT2D eigenvalue weighted by Gasteiger charge is 2.10. The van der Waals surface area contributed by atoms with Gasteiger partial charge in [-0.15, -0.1) is 0 Å². The van der Waals surface area contributed by atoms with E-state index in [9.17, 15) is 13.2 Å². The van der Waals surface area contributed by atoms with E-state index in [0.29, 0.717) is 0 Å². The number of hydrogen-bond acceptors (Lipinski definition) is 3. The molecule has 0 rings (SSSR count). The maximum Gasteiger partial charge on any atom is 0.235 e. The van der Waals surface area contributed by atoms with Crippen LogP contribution in [0, 0.1) is 5.92 Å². The van der Waals surface area contributed by atoms with Gasteiger partial charge in [0.2, 0.25) is 15.9 Å². The highest BCUT2D eigenvalue weighted by molar-refractivity contribution is 7.89. The van der Waals surface area contributed by atoms with E-state index in [1.54, 1.807) is 13.8 Å². The first kappa shape index (κ1) is 9.42. The number of rotatable bonds is 2. The fourth-order valence-corrected chi connectivity index (χ4v) is 0.902. The molecule has 0 saturated heterocycles. The molecule has 0 aromatic rings. The molecule has 0 saturated carbocycles. The Labute approximate surface area is 60.7 Å². The van der Waals surface area contributed by atoms with Gasteiger partial charge in [0.25, 0.3) is 0 Å². The SMILES string of the molecule is CC(C)C(=O)NS(C)(=O)=O. The van der Waals surface area contributed by atoms with Crippen LogP contribution in [0.2, 0.25) is 0 Å². The van der Waals surface area contributed by atoms with Gasteiger partial charge in [-0.2, -0.15) is 0 Å². The Morgan fingerprint density at radius 1 is 1.40 bits per heavy atom. The van der Waals surface area contributed by atoms with Gasteiger partial charge in [-0.3, -0.25) is 9.52 Å². The summed E-state index contributed by atoms with van der Waals surface area (Å²) in [6.07, 6.45) is 0.952. The largest absolute Gasteiger partial charge is 0.274 e. The number of sulfonamides is 1. The minimum Gasteiger partial charge on any atom is -0.274 e. The molecule has 1 amide bonds. The standard InChI is InChI=1S/C5H11NO3S/c1-4(2)5(7)6-10(3,8)9/h4H,1-3H3,(H,6,7). The Morgan fingerprint density at radius 2 is 1.80 bits per heavy atom. The topological polar surface area (TPSA) is 63.2 Å². The summed E-state index contributed by atoms with van der Waals surface area (Å²) in [4.78, 5) is 10.7. The van der Waals surface area contributed by atoms with Gasteiger partial charge in [-0.25, -0.2) is 8.42 Å². The number of nitrogens with one attached hydrogen (secondary N) is 1. The molecule has 0 unspecified atom stereocenters. The first-order chi connectivity index (χ1) is 4.33. The van der Waals surface area contributed by atoms with Gasteiger partial charge < -0.3 is 0 Å². The molecule has 4 nitrogen and oxygen atoms in total. The quantitative estimate of drug-likeness (QED) is 0.612. The lowest BCUT2D eigenvalue weighted by Crippen LogP contribution is -2.32. The van der Waals surface area contributed by atoms with Crippen molar-refractivity contribution in [1.82, 2.24) is 4.72 Å². The lowest BCUT2D eigenvalue weighted by atomic mass is 10.2. The van der Waals surface area contributed by atoms with Crippen LogP contribution in [-0.4, -0.2) is 20.6 Å². The first-order valence-electron chi connectivity index (χ1n) is 2.84. The predicted molar refractivity (Wildman–Crippen MR) is 37.8 cm³/mol. The van der Waals surface area contributed by atoms with E-state index in [2.05, 4.69) is 0 Å². The highest BCUT2D eigenvalue weighted by Crippen LogP contribution is 1.91. The van der Waals surface area contributed by atoms with Crippen molar-refractivity contribution < 1.29 is 13.2 Å². The molecule has 60 valence electrons. The maximum atomic E-state index is 10.7. The number of carbonyl (C=O) groups excluding carboxylic acids is 1. The zero-order valence-corrected chi connectivity index (χ0v) is 7.03. The Morgan fingerprint density at radius 3 is 1.90 bits per heavy atom. The van der Waals surface area contributed by atoms with Crippen LogP contribution in [0.1, 0.15) is 13.8 Å². The van der Waals surface area contributed by atoms with Crippen molar-refractivity contribution in [1.29, 1.82) is 0 Å². The van der Waals surface area contributed by atoms with Crippen molar-refractivity contribution in [3.8, 4) is 0 Å². The van der Waals surface area contributed by atoms with Gasteiger partial charge in [0.05, 0.1) is 6.26 Å². The van der Waals surface area contributed by atoms with Crippen LogP contribution < -0.4 is 4.72 Å². The van der Waals surface area contributed by atoms with E-state index in [1.165, 1.54) is 0 Å². The summed E-state index contributed by atoms with van der Waals surface area (Å²) in [6.45, 7) is 3.25. The minimum atomic E-state index is -3.37. The van der Waals surface area contributed by atoms with Crippen molar-refractivity contribution in [2.45, 2.75) is 13.8 Å². The molecule has 0 aromatic carbocycles. The van der Waals surface area contributed by atoms with E-state index in [0.717, 1.165) is 6.26 Å². The van der Waals surface area contributed by atoms with Crippen LogP contribution in [0.3, 0.4) is 0 Å². The molecule has 0 aliphatic rings. The summed E-state index contributed by atoms with van der Waals surface area (Å²) in [5.74, 6) is -0.766. The number of hydrogen-bond donors (Lipinski definition) is 1. The fraction of sp³-hybridized carbons (Fsp3) is 0.800. The molecular formula is C5H11NO3S. The molecule has 5 heteroatoms. The monoisotopic (exact) mass is 165 g/mol. The van der Waals surface area contributed by atoms with Crippen LogP contribution in [0.25, 0.3) is 0 Å². The zero-order valence-electron chi connectivity index (χ0n) is 6.21. The highest BCUT2D eigenvalue weighted by atomic mass is 32.2. The van der Waals surface area contributed by atoms with Gasteiger partial charge in [0.15, 0.2) is 0 Å². The third-order valence-corrected chi connectivity index (χ3v) is 1.38. The molecule has 0 bridgehead atoms. The fourth-order valence-electron chi connectivity index (χ4n) is 0.301. The first-order valence-corrected chi connectivity index (χ1v) is 4.73. The number of carbonyl (C=O) groups is 1. The second-order valence-electron chi connectivity index (χ2n) is 2.39. The summed E-state index contributed by atoms with van der Waals surface area (Å²) in [6, 6.07) is 0. The van der Waals surface area contributed by atoms with Gasteiger partial charge in [0.1, 0.15) is 0 Å². The zero-order chi connectivity index (χ0) is 8.36. The van der Waals surface area contributed by atoms with Gasteiger partial charge in [-0.1, -0.05) is 13.8 Å². The average molecular weight is 165 g/mol. The maximum absolute atomic E-state index is 10.7. The van der Waals surface area contributed by atoms with Crippen LogP contribution in [0.15, 0.2) is 0 Å². The normalized spacial score (nSPS) is 11.6. The predicted octanol–water partition coefficient (Wildman–Crippen LogP) is -0.282. The Kier molecular flexibility index (Phi) is 2.83. The summed E-state index contributed by atoms with van der Waals surface area (Å²) < 4.78 is 22.7. The molecule has 10 heavy (non-hydrogen) atoms. The van der Waals surface area contributed by atoms with Gasteiger partial charge >= 0.3 is 0 Å². The van der Waals surface area contributed by atoms with E-state index < -0.39 is 15.9 Å². The summed E-state index contributed by atoms with van der Waals surface area (Å²) in [7, 11) is -3.37. The van der Waals surface area contributed by atoms with Crippen molar-refractivity contribution in [3.05, 3.63) is 0 Å². The van der Waals surface area contributed by atoms with Crippen LogP contribution in [0.5, 0.6) is 0 Å². The van der Waals surface area contributed by atoms with Crippen molar-refractivity contribution >= 4 is 15.9 Å². The van der Waals surface area contributed by atoms with Crippen LogP contribution in [0.4, 0.5) is 0 Å². The molecule has 0 aliphatic carbocycles. The summed E-state index contributed by atoms with van der Waals surface area (Å²) in [5.41, 5.74) is 0. The van der Waals surface area contributed by atoms with Crippen molar-refractivity contribution in [2.75, 3.05) is 6.26 Å². The molecule has 0 aromatic heterocycles. The lowest BCUT2D eigenvalue weighted by Gasteiger charge is -2.03. The van der Waals surface area contributed by atoms with E-state index in [1.807, 2.05) is 4.72 Å². The number of amides is 1. The Hall–Kier alpha value is -0.580. The third-order valence-electron chi connectivity index (χ3n) is 0.810. The molecule has 0 atom stereocenters. The van der Waals surface area contributed by atoms with Crippen molar-refractivity contribution in [3.63, 3.8) is 0 Å². The lowest BCUT2D eigenvalue weighted by molar-refractivity contribution is -0.122. The Bertz CT molecular complexity index is 217. The van der Waals surface area contributed by atoms with Crippen LogP contribution >= 0.6 is 0 Å². The molecule has 0 fully saturated rings. The van der Waals surface area contributed by atoms with Gasteiger partial charge in [0, 0.05) is 5.92 Å². The Balaban J connectivity index is 4.07.